The molecule has 0 spiro atoms. The molecule has 1 heterocycles. The van der Waals surface area contributed by atoms with E-state index in [4.69, 9.17) is 5.11 Å². The van der Waals surface area contributed by atoms with Gasteiger partial charge in [-0.1, -0.05) is 13.0 Å². The van der Waals surface area contributed by atoms with E-state index < -0.39 is 0 Å². The quantitative estimate of drug-likeness (QED) is 0.702. The summed E-state index contributed by atoms with van der Waals surface area (Å²) in [5.41, 5.74) is 0. The average molecular weight is 223 g/mol. The lowest BCUT2D eigenvalue weighted by Crippen LogP contribution is -2.32. The summed E-state index contributed by atoms with van der Waals surface area (Å²) in [4.78, 5) is 15.4. The smallest absolute Gasteiger partial charge is 0.320 e. The molecule has 0 saturated heterocycles. The molecule has 88 valence electrons. The maximum atomic E-state index is 11.4. The van der Waals surface area contributed by atoms with Gasteiger partial charge in [0.15, 0.2) is 0 Å². The molecule has 0 radical (unpaired) electrons. The lowest BCUT2D eigenvalue weighted by Gasteiger charge is -2.11. The van der Waals surface area contributed by atoms with Gasteiger partial charge in [-0.05, 0) is 24.5 Å². The van der Waals surface area contributed by atoms with Crippen LogP contribution >= 0.6 is 0 Å². The van der Waals surface area contributed by atoms with E-state index >= 15 is 0 Å². The number of nitrogens with one attached hydrogen (secondary N) is 2. The van der Waals surface area contributed by atoms with E-state index in [2.05, 4.69) is 15.6 Å². The molecule has 0 aliphatic carbocycles. The number of carbonyl (C=O) groups excluding carboxylic acids is 1. The minimum absolute atomic E-state index is 0.144. The Morgan fingerprint density at radius 2 is 2.38 bits per heavy atom. The van der Waals surface area contributed by atoms with Crippen LogP contribution in [0.4, 0.5) is 10.6 Å². The standard InChI is InChI=1S/C11H17N3O2/c1-9(5-7-15)8-13-11(16)14-10-4-2-3-6-12-10/h2-4,6,9,15H,5,7-8H2,1H3,(H2,12,13,14,16). The van der Waals surface area contributed by atoms with Crippen LogP contribution in [0, 0.1) is 5.92 Å². The van der Waals surface area contributed by atoms with Gasteiger partial charge in [-0.15, -0.1) is 0 Å². The number of nitrogens with zero attached hydrogens (tertiary/aromatic N) is 1. The summed E-state index contributed by atoms with van der Waals surface area (Å²) in [5.74, 6) is 0.786. The van der Waals surface area contributed by atoms with Crippen LogP contribution in [0.1, 0.15) is 13.3 Å². The number of aromatic nitrogens is 1. The maximum Gasteiger partial charge on any atom is 0.320 e. The van der Waals surface area contributed by atoms with Gasteiger partial charge in [0.05, 0.1) is 0 Å². The first kappa shape index (κ1) is 12.4. The highest BCUT2D eigenvalue weighted by Gasteiger charge is 2.05. The topological polar surface area (TPSA) is 74.2 Å². The van der Waals surface area contributed by atoms with E-state index in [-0.39, 0.29) is 18.6 Å². The van der Waals surface area contributed by atoms with Gasteiger partial charge in [0.2, 0.25) is 0 Å². The normalized spacial score (nSPS) is 11.9. The van der Waals surface area contributed by atoms with Crippen molar-refractivity contribution in [1.29, 1.82) is 0 Å². The first-order chi connectivity index (χ1) is 7.72. The number of aliphatic hydroxyl groups is 1. The molecule has 1 aromatic rings. The zero-order valence-corrected chi connectivity index (χ0v) is 9.31. The van der Waals surface area contributed by atoms with Crippen molar-refractivity contribution in [2.24, 2.45) is 5.92 Å². The summed E-state index contributed by atoms with van der Waals surface area (Å²) in [7, 11) is 0. The molecule has 0 saturated carbocycles. The highest BCUT2D eigenvalue weighted by molar-refractivity contribution is 5.88. The van der Waals surface area contributed by atoms with Gasteiger partial charge in [-0.3, -0.25) is 5.32 Å². The van der Waals surface area contributed by atoms with Crippen LogP contribution in [0.3, 0.4) is 0 Å². The lowest BCUT2D eigenvalue weighted by molar-refractivity contribution is 0.243. The molecule has 1 unspecified atom stereocenters. The Labute approximate surface area is 94.9 Å². The summed E-state index contributed by atoms with van der Waals surface area (Å²) in [5, 5.41) is 14.0. The van der Waals surface area contributed by atoms with Crippen molar-refractivity contribution >= 4 is 11.8 Å². The van der Waals surface area contributed by atoms with Crippen molar-refractivity contribution in [2.75, 3.05) is 18.5 Å². The molecule has 1 rings (SSSR count). The number of pyridine rings is 1. The van der Waals surface area contributed by atoms with E-state index in [9.17, 15) is 4.79 Å². The van der Waals surface area contributed by atoms with E-state index in [0.29, 0.717) is 18.8 Å². The molecule has 0 fully saturated rings. The van der Waals surface area contributed by atoms with Crippen LogP contribution in [0.25, 0.3) is 0 Å². The Kier molecular flexibility index (Phi) is 5.28. The lowest BCUT2D eigenvalue weighted by atomic mass is 10.1. The summed E-state index contributed by atoms with van der Waals surface area (Å²) in [6, 6.07) is 5.03. The monoisotopic (exact) mass is 223 g/mol. The third kappa shape index (κ3) is 4.75. The van der Waals surface area contributed by atoms with Crippen LogP contribution in [0.15, 0.2) is 24.4 Å². The van der Waals surface area contributed by atoms with Crippen molar-refractivity contribution in [3.63, 3.8) is 0 Å². The van der Waals surface area contributed by atoms with Crippen molar-refractivity contribution in [3.05, 3.63) is 24.4 Å². The van der Waals surface area contributed by atoms with E-state index in [1.54, 1.807) is 24.4 Å². The van der Waals surface area contributed by atoms with E-state index in [1.165, 1.54) is 0 Å². The molecule has 0 aromatic carbocycles. The number of amides is 2. The average Bonchev–Trinajstić information content (AvgIpc) is 2.28. The molecule has 1 aromatic heterocycles. The summed E-state index contributed by atoms with van der Waals surface area (Å²) in [6.07, 6.45) is 2.30. The van der Waals surface area contributed by atoms with Crippen LogP contribution in [-0.2, 0) is 0 Å². The number of rotatable bonds is 5. The Balaban J connectivity index is 2.26. The minimum Gasteiger partial charge on any atom is -0.396 e. The summed E-state index contributed by atoms with van der Waals surface area (Å²) >= 11 is 0. The molecule has 3 N–H and O–H groups in total. The highest BCUT2D eigenvalue weighted by atomic mass is 16.3. The molecule has 0 aliphatic heterocycles. The minimum atomic E-state index is -0.275. The number of hydrogen-bond acceptors (Lipinski definition) is 3. The van der Waals surface area contributed by atoms with Gasteiger partial charge in [0.25, 0.3) is 0 Å². The van der Waals surface area contributed by atoms with E-state index in [0.717, 1.165) is 0 Å². The fraction of sp³-hybridized carbons (Fsp3) is 0.455. The molecular weight excluding hydrogens is 206 g/mol. The Morgan fingerprint density at radius 3 is 3.00 bits per heavy atom. The fourth-order valence-electron chi connectivity index (χ4n) is 1.19. The van der Waals surface area contributed by atoms with Gasteiger partial charge in [-0.25, -0.2) is 9.78 Å². The molecular formula is C11H17N3O2. The Bertz CT molecular complexity index is 316. The van der Waals surface area contributed by atoms with Crippen molar-refractivity contribution in [2.45, 2.75) is 13.3 Å². The zero-order chi connectivity index (χ0) is 11.8. The van der Waals surface area contributed by atoms with Crippen molar-refractivity contribution < 1.29 is 9.90 Å². The van der Waals surface area contributed by atoms with E-state index in [1.807, 2.05) is 6.92 Å². The number of anilines is 1. The van der Waals surface area contributed by atoms with Crippen LogP contribution in [0.5, 0.6) is 0 Å². The maximum absolute atomic E-state index is 11.4. The molecule has 5 nitrogen and oxygen atoms in total. The van der Waals surface area contributed by atoms with Crippen LogP contribution in [0.2, 0.25) is 0 Å². The number of urea groups is 1. The largest absolute Gasteiger partial charge is 0.396 e. The van der Waals surface area contributed by atoms with Gasteiger partial charge in [0.1, 0.15) is 5.82 Å². The summed E-state index contributed by atoms with van der Waals surface area (Å²) < 4.78 is 0. The van der Waals surface area contributed by atoms with Crippen LogP contribution in [-0.4, -0.2) is 29.3 Å². The van der Waals surface area contributed by atoms with Crippen molar-refractivity contribution in [1.82, 2.24) is 10.3 Å². The predicted molar refractivity (Wildman–Crippen MR) is 62.1 cm³/mol. The Hall–Kier alpha value is -1.62. The molecule has 5 heteroatoms. The second kappa shape index (κ2) is 6.79. The molecule has 0 aliphatic rings. The number of hydrogen-bond donors (Lipinski definition) is 3. The third-order valence-electron chi connectivity index (χ3n) is 2.14. The first-order valence-corrected chi connectivity index (χ1v) is 5.29. The first-order valence-electron chi connectivity index (χ1n) is 5.29. The predicted octanol–water partition coefficient (Wildman–Crippen LogP) is 1.22. The molecule has 0 bridgehead atoms. The van der Waals surface area contributed by atoms with Gasteiger partial charge in [0, 0.05) is 19.3 Å². The fourth-order valence-corrected chi connectivity index (χ4v) is 1.19. The number of carbonyl (C=O) groups is 1. The van der Waals surface area contributed by atoms with Gasteiger partial charge < -0.3 is 10.4 Å². The second-order valence-electron chi connectivity index (χ2n) is 3.67. The zero-order valence-electron chi connectivity index (χ0n) is 9.31. The second-order valence-corrected chi connectivity index (χ2v) is 3.67. The van der Waals surface area contributed by atoms with Gasteiger partial charge in [-0.2, -0.15) is 0 Å². The molecule has 1 atom stereocenters. The van der Waals surface area contributed by atoms with Gasteiger partial charge >= 0.3 is 6.03 Å². The summed E-state index contributed by atoms with van der Waals surface area (Å²) in [6.45, 7) is 2.65. The van der Waals surface area contributed by atoms with Crippen molar-refractivity contribution in [3.8, 4) is 0 Å². The van der Waals surface area contributed by atoms with Crippen LogP contribution < -0.4 is 10.6 Å². The molecule has 2 amide bonds. The SMILES string of the molecule is CC(CCO)CNC(=O)Nc1ccccn1. The highest BCUT2D eigenvalue weighted by Crippen LogP contribution is 2.00. The Morgan fingerprint density at radius 1 is 1.56 bits per heavy atom. The third-order valence-corrected chi connectivity index (χ3v) is 2.14. The molecule has 16 heavy (non-hydrogen) atoms. The number of aliphatic hydroxyl groups excluding tert-OH is 1.